The second-order valence-electron chi connectivity index (χ2n) is 7.27. The molecule has 2 aromatic rings. The highest BCUT2D eigenvalue weighted by Gasteiger charge is 2.21. The number of carboxylic acid groups (broad SMARTS) is 1. The fourth-order valence-electron chi connectivity index (χ4n) is 3.26. The summed E-state index contributed by atoms with van der Waals surface area (Å²) in [6.45, 7) is 5.12. The highest BCUT2D eigenvalue weighted by Crippen LogP contribution is 2.40. The summed E-state index contributed by atoms with van der Waals surface area (Å²) in [4.78, 5) is 32.4. The number of benzene rings is 2. The lowest BCUT2D eigenvalue weighted by atomic mass is 10.1. The molecule has 0 spiro atoms. The first-order valence-corrected chi connectivity index (χ1v) is 11.6. The van der Waals surface area contributed by atoms with Crippen molar-refractivity contribution in [1.82, 2.24) is 5.32 Å². The number of aliphatic carboxylic acids is 1. The predicted octanol–water partition coefficient (Wildman–Crippen LogP) is 4.23. The third-order valence-corrected chi connectivity index (χ3v) is 5.00. The van der Waals surface area contributed by atoms with Crippen molar-refractivity contribution in [3.8, 4) is 5.75 Å². The number of hydrogen-bond donors (Lipinski definition) is 2. The van der Waals surface area contributed by atoms with E-state index in [0.29, 0.717) is 30.9 Å². The lowest BCUT2D eigenvalue weighted by molar-refractivity contribution is -0.137. The van der Waals surface area contributed by atoms with Crippen molar-refractivity contribution in [3.63, 3.8) is 0 Å². The number of carbonyl (C=O) groups excluding carboxylic acids is 2. The van der Waals surface area contributed by atoms with Crippen LogP contribution in [0.4, 0.5) is 11.4 Å². The molecule has 1 aliphatic heterocycles. The number of rotatable bonds is 11. The lowest BCUT2D eigenvalue weighted by Crippen LogP contribution is -2.24. The molecule has 1 aliphatic rings. The van der Waals surface area contributed by atoms with Crippen molar-refractivity contribution in [3.05, 3.63) is 77.5 Å². The normalized spacial score (nSPS) is 12.0. The summed E-state index contributed by atoms with van der Waals surface area (Å²) in [6.07, 6.45) is 5.66. The molecule has 0 atom stereocenters. The predicted molar refractivity (Wildman–Crippen MR) is 136 cm³/mol. The van der Waals surface area contributed by atoms with Gasteiger partial charge in [0, 0.05) is 35.4 Å². The van der Waals surface area contributed by atoms with Gasteiger partial charge in [-0.15, -0.1) is 0 Å². The Bertz CT molecular complexity index is 1070. The van der Waals surface area contributed by atoms with Crippen LogP contribution in [0.25, 0.3) is 0 Å². The van der Waals surface area contributed by atoms with Crippen LogP contribution in [0.2, 0.25) is 5.02 Å². The van der Waals surface area contributed by atoms with E-state index >= 15 is 0 Å². The maximum absolute atomic E-state index is 11.3. The van der Waals surface area contributed by atoms with Crippen LogP contribution in [0, 0.1) is 0 Å². The second kappa shape index (κ2) is 16.0. The number of para-hydroxylation sites is 2. The first kappa shape index (κ1) is 28.4. The SMILES string of the molecule is CCOC(=O)/C=C/CNCCCN1c2cc(Cl)ccc2COc2ccccc21.O=CO/C=C\C(=O)O. The van der Waals surface area contributed by atoms with Crippen molar-refractivity contribution in [2.75, 3.05) is 31.1 Å². The summed E-state index contributed by atoms with van der Waals surface area (Å²) in [5.41, 5.74) is 3.25. The fraction of sp³-hybridized carbons (Fsp3) is 0.269. The van der Waals surface area contributed by atoms with Gasteiger partial charge in [0.1, 0.15) is 18.6 Å². The summed E-state index contributed by atoms with van der Waals surface area (Å²) >= 11 is 6.26. The molecule has 2 aromatic carbocycles. The van der Waals surface area contributed by atoms with Crippen LogP contribution in [0.3, 0.4) is 0 Å². The second-order valence-corrected chi connectivity index (χ2v) is 7.70. The minimum atomic E-state index is -1.15. The summed E-state index contributed by atoms with van der Waals surface area (Å²) < 4.78 is 14.7. The molecule has 10 heteroatoms. The Morgan fingerprint density at radius 2 is 2.00 bits per heavy atom. The molecule has 0 aromatic heterocycles. The van der Waals surface area contributed by atoms with Gasteiger partial charge in [-0.25, -0.2) is 9.59 Å². The lowest BCUT2D eigenvalue weighted by Gasteiger charge is -2.26. The van der Waals surface area contributed by atoms with Gasteiger partial charge >= 0.3 is 11.9 Å². The zero-order valence-electron chi connectivity index (χ0n) is 19.9. The largest absolute Gasteiger partial charge is 0.487 e. The van der Waals surface area contributed by atoms with E-state index in [0.717, 1.165) is 48.5 Å². The van der Waals surface area contributed by atoms with Crippen molar-refractivity contribution < 1.29 is 33.7 Å². The first-order chi connectivity index (χ1) is 17.5. The molecular weight excluding hydrogens is 488 g/mol. The van der Waals surface area contributed by atoms with Crippen LogP contribution in [-0.2, 0) is 30.5 Å². The Balaban J connectivity index is 0.000000493. The average Bonchev–Trinajstić information content (AvgIpc) is 3.01. The maximum atomic E-state index is 11.3. The van der Waals surface area contributed by atoms with Crippen LogP contribution >= 0.6 is 11.6 Å². The number of fused-ring (bicyclic) bond motifs is 2. The van der Waals surface area contributed by atoms with Crippen LogP contribution in [-0.4, -0.2) is 49.8 Å². The molecule has 192 valence electrons. The highest BCUT2D eigenvalue weighted by atomic mass is 35.5. The summed E-state index contributed by atoms with van der Waals surface area (Å²) in [7, 11) is 0. The Labute approximate surface area is 214 Å². The van der Waals surface area contributed by atoms with E-state index in [2.05, 4.69) is 21.0 Å². The number of nitrogens with zero attached hydrogens (tertiary/aromatic N) is 1. The monoisotopic (exact) mass is 516 g/mol. The van der Waals surface area contributed by atoms with Crippen molar-refractivity contribution in [2.45, 2.75) is 20.0 Å². The Morgan fingerprint density at radius 1 is 1.19 bits per heavy atom. The van der Waals surface area contributed by atoms with Crippen LogP contribution in [0.15, 0.2) is 67.0 Å². The van der Waals surface area contributed by atoms with Gasteiger partial charge in [-0.3, -0.25) is 4.79 Å². The number of anilines is 2. The average molecular weight is 517 g/mol. The standard InChI is InChI=1S/C22H25ClN2O3.C4H4O4/c1-2-27-22(26)9-5-12-24-13-6-14-25-19-7-3-4-8-21(19)28-16-17-10-11-18(23)15-20(17)25;5-3-8-2-1-4(6)7/h3-5,7-11,15,24H,2,6,12-14,16H2,1H3;1-3H,(H,6,7)/b9-5+;2-1-. The van der Waals surface area contributed by atoms with Crippen molar-refractivity contribution in [1.29, 1.82) is 0 Å². The van der Waals surface area contributed by atoms with E-state index in [9.17, 15) is 14.4 Å². The fourth-order valence-corrected chi connectivity index (χ4v) is 3.43. The number of esters is 1. The van der Waals surface area contributed by atoms with Gasteiger partial charge in [0.15, 0.2) is 0 Å². The summed E-state index contributed by atoms with van der Waals surface area (Å²) in [6, 6.07) is 14.0. The molecule has 0 bridgehead atoms. The van der Waals surface area contributed by atoms with Gasteiger partial charge in [0.25, 0.3) is 6.47 Å². The number of nitrogens with one attached hydrogen (secondary N) is 1. The molecule has 0 amide bonds. The molecule has 9 nitrogen and oxygen atoms in total. The van der Waals surface area contributed by atoms with E-state index in [1.807, 2.05) is 36.4 Å². The van der Waals surface area contributed by atoms with Crippen molar-refractivity contribution in [2.24, 2.45) is 0 Å². The highest BCUT2D eigenvalue weighted by molar-refractivity contribution is 6.30. The maximum Gasteiger partial charge on any atom is 0.331 e. The summed E-state index contributed by atoms with van der Waals surface area (Å²) in [5.74, 6) is -0.578. The summed E-state index contributed by atoms with van der Waals surface area (Å²) in [5, 5.41) is 11.9. The topological polar surface area (TPSA) is 114 Å². The van der Waals surface area contributed by atoms with E-state index in [-0.39, 0.29) is 12.4 Å². The third-order valence-electron chi connectivity index (χ3n) is 4.76. The smallest absolute Gasteiger partial charge is 0.331 e. The van der Waals surface area contributed by atoms with Crippen LogP contribution in [0.1, 0.15) is 18.9 Å². The number of ether oxygens (including phenoxy) is 3. The first-order valence-electron chi connectivity index (χ1n) is 11.3. The molecule has 0 saturated heterocycles. The number of hydrogen-bond acceptors (Lipinski definition) is 8. The minimum Gasteiger partial charge on any atom is -0.487 e. The van der Waals surface area contributed by atoms with E-state index in [1.165, 1.54) is 6.08 Å². The van der Waals surface area contributed by atoms with E-state index in [4.69, 9.17) is 26.2 Å². The van der Waals surface area contributed by atoms with Gasteiger partial charge in [0.05, 0.1) is 18.4 Å². The molecule has 0 unspecified atom stereocenters. The Kier molecular flexibility index (Phi) is 12.6. The molecule has 2 N–H and O–H groups in total. The van der Waals surface area contributed by atoms with Crippen molar-refractivity contribution >= 4 is 41.4 Å². The zero-order chi connectivity index (χ0) is 26.2. The molecule has 0 aliphatic carbocycles. The third kappa shape index (κ3) is 9.81. The zero-order valence-corrected chi connectivity index (χ0v) is 20.6. The Morgan fingerprint density at radius 3 is 2.75 bits per heavy atom. The molecule has 1 heterocycles. The van der Waals surface area contributed by atoms with Gasteiger partial charge in [-0.1, -0.05) is 35.9 Å². The molecule has 3 rings (SSSR count). The van der Waals surface area contributed by atoms with Gasteiger partial charge in [-0.2, -0.15) is 0 Å². The molecule has 0 saturated carbocycles. The van der Waals surface area contributed by atoms with Gasteiger partial charge < -0.3 is 29.5 Å². The minimum absolute atomic E-state index is 0.138. The molecule has 0 radical (unpaired) electrons. The quantitative estimate of drug-likeness (QED) is 0.149. The van der Waals surface area contributed by atoms with Crippen LogP contribution < -0.4 is 15.0 Å². The van der Waals surface area contributed by atoms with Crippen LogP contribution in [0.5, 0.6) is 5.75 Å². The molecule has 0 fully saturated rings. The Hall–Kier alpha value is -3.82. The molecule has 36 heavy (non-hydrogen) atoms. The number of carbonyl (C=O) groups is 3. The van der Waals surface area contributed by atoms with Gasteiger partial charge in [0.2, 0.25) is 0 Å². The van der Waals surface area contributed by atoms with Gasteiger partial charge in [-0.05, 0) is 44.2 Å². The number of carboxylic acids is 1. The van der Waals surface area contributed by atoms with E-state index in [1.54, 1.807) is 13.0 Å². The van der Waals surface area contributed by atoms with E-state index < -0.39 is 5.97 Å². The molecular formula is C26H29ClN2O7. The number of halogens is 1.